The van der Waals surface area contributed by atoms with Gasteiger partial charge >= 0.3 is 5.97 Å². The van der Waals surface area contributed by atoms with Crippen LogP contribution in [-0.4, -0.2) is 41.3 Å². The summed E-state index contributed by atoms with van der Waals surface area (Å²) in [5, 5.41) is 20.0. The average Bonchev–Trinajstić information content (AvgIpc) is 2.88. The Labute approximate surface area is 121 Å². The molecular formula is C12H14N2O6S. The van der Waals surface area contributed by atoms with Gasteiger partial charge in [-0.05, 0) is 25.8 Å². The number of aliphatic carboxylic acids is 1. The van der Waals surface area contributed by atoms with E-state index in [2.05, 4.69) is 0 Å². The first-order valence-corrected chi connectivity index (χ1v) is 7.69. The Morgan fingerprint density at radius 3 is 2.71 bits per heavy atom. The zero-order valence-corrected chi connectivity index (χ0v) is 12.0. The van der Waals surface area contributed by atoms with Crippen LogP contribution in [-0.2, 0) is 14.8 Å². The Balaban J connectivity index is 2.52. The summed E-state index contributed by atoms with van der Waals surface area (Å²) in [5.74, 6) is -1.21. The summed E-state index contributed by atoms with van der Waals surface area (Å²) in [6, 6.07) is 2.64. The maximum absolute atomic E-state index is 12.6. The number of hydrogen-bond acceptors (Lipinski definition) is 5. The van der Waals surface area contributed by atoms with Gasteiger partial charge in [0, 0.05) is 18.2 Å². The second kappa shape index (κ2) is 5.41. The van der Waals surface area contributed by atoms with Crippen LogP contribution in [0.5, 0.6) is 0 Å². The molecule has 0 aliphatic carbocycles. The summed E-state index contributed by atoms with van der Waals surface area (Å²) < 4.78 is 26.1. The smallest absolute Gasteiger partial charge is 0.322 e. The summed E-state index contributed by atoms with van der Waals surface area (Å²) in [5.41, 5.74) is -0.291. The molecule has 1 atom stereocenters. The molecule has 0 radical (unpaired) electrons. The Morgan fingerprint density at radius 1 is 1.48 bits per heavy atom. The fraction of sp³-hybridized carbons (Fsp3) is 0.417. The van der Waals surface area contributed by atoms with E-state index < -0.39 is 27.0 Å². The van der Waals surface area contributed by atoms with Crippen molar-refractivity contribution in [2.24, 2.45) is 0 Å². The number of rotatable bonds is 4. The highest BCUT2D eigenvalue weighted by Gasteiger charge is 2.40. The summed E-state index contributed by atoms with van der Waals surface area (Å²) in [6.45, 7) is 1.44. The van der Waals surface area contributed by atoms with Crippen molar-refractivity contribution in [3.05, 3.63) is 33.9 Å². The largest absolute Gasteiger partial charge is 0.480 e. The lowest BCUT2D eigenvalue weighted by Crippen LogP contribution is -2.40. The molecule has 1 aliphatic rings. The predicted octanol–water partition coefficient (Wildman–Crippen LogP) is 1.14. The molecule has 0 spiro atoms. The quantitative estimate of drug-likeness (QED) is 0.657. The van der Waals surface area contributed by atoms with E-state index >= 15 is 0 Å². The van der Waals surface area contributed by atoms with E-state index in [1.54, 1.807) is 0 Å². The number of hydrogen-bond donors (Lipinski definition) is 1. The molecule has 1 heterocycles. The molecule has 0 unspecified atom stereocenters. The van der Waals surface area contributed by atoms with Crippen LogP contribution in [0.4, 0.5) is 5.69 Å². The van der Waals surface area contributed by atoms with E-state index in [-0.39, 0.29) is 29.1 Å². The van der Waals surface area contributed by atoms with Crippen LogP contribution in [0.2, 0.25) is 0 Å². The van der Waals surface area contributed by atoms with Crippen molar-refractivity contribution in [1.29, 1.82) is 0 Å². The molecule has 1 fully saturated rings. The first-order chi connectivity index (χ1) is 9.76. The lowest BCUT2D eigenvalue weighted by atomic mass is 10.2. The lowest BCUT2D eigenvalue weighted by molar-refractivity contribution is -0.385. The first kappa shape index (κ1) is 15.4. The normalized spacial score (nSPS) is 19.6. The summed E-state index contributed by atoms with van der Waals surface area (Å²) in [4.78, 5) is 21.2. The van der Waals surface area contributed by atoms with E-state index in [1.165, 1.54) is 25.1 Å². The minimum absolute atomic E-state index is 0.0125. The number of nitrogens with zero attached hydrogens (tertiary/aromatic N) is 2. The second-order valence-corrected chi connectivity index (χ2v) is 6.63. The van der Waals surface area contributed by atoms with Gasteiger partial charge in [-0.3, -0.25) is 14.9 Å². The van der Waals surface area contributed by atoms with Crippen molar-refractivity contribution >= 4 is 21.7 Å². The van der Waals surface area contributed by atoms with Crippen molar-refractivity contribution in [2.75, 3.05) is 6.54 Å². The Bertz CT molecular complexity index is 700. The Morgan fingerprint density at radius 2 is 2.14 bits per heavy atom. The van der Waals surface area contributed by atoms with Gasteiger partial charge in [0.2, 0.25) is 10.0 Å². The number of benzene rings is 1. The molecule has 0 saturated carbocycles. The maximum Gasteiger partial charge on any atom is 0.322 e. The zero-order chi connectivity index (χ0) is 15.8. The predicted molar refractivity (Wildman–Crippen MR) is 72.4 cm³/mol. The van der Waals surface area contributed by atoms with Crippen LogP contribution in [0.3, 0.4) is 0 Å². The minimum atomic E-state index is -4.07. The molecule has 8 nitrogen and oxygen atoms in total. The average molecular weight is 314 g/mol. The van der Waals surface area contributed by atoms with Crippen molar-refractivity contribution in [1.82, 2.24) is 4.31 Å². The van der Waals surface area contributed by atoms with Crippen LogP contribution in [0.15, 0.2) is 23.1 Å². The molecule has 114 valence electrons. The van der Waals surface area contributed by atoms with Crippen LogP contribution in [0.25, 0.3) is 0 Å². The Hall–Kier alpha value is -2.00. The molecule has 1 aliphatic heterocycles. The van der Waals surface area contributed by atoms with Crippen molar-refractivity contribution < 1.29 is 23.2 Å². The number of carboxylic acids is 1. The number of carboxylic acid groups (broad SMARTS) is 1. The first-order valence-electron chi connectivity index (χ1n) is 6.25. The molecule has 1 aromatic carbocycles. The molecule has 1 aromatic rings. The lowest BCUT2D eigenvalue weighted by Gasteiger charge is -2.21. The third kappa shape index (κ3) is 2.61. The Kier molecular flexibility index (Phi) is 3.97. The van der Waals surface area contributed by atoms with Gasteiger partial charge in [0.15, 0.2) is 0 Å². The fourth-order valence-corrected chi connectivity index (χ4v) is 4.38. The monoisotopic (exact) mass is 314 g/mol. The topological polar surface area (TPSA) is 118 Å². The van der Waals surface area contributed by atoms with Gasteiger partial charge in [0.25, 0.3) is 5.69 Å². The van der Waals surface area contributed by atoms with Gasteiger partial charge in [-0.2, -0.15) is 4.31 Å². The maximum atomic E-state index is 12.6. The molecular weight excluding hydrogens is 300 g/mol. The molecule has 2 rings (SSSR count). The van der Waals surface area contributed by atoms with E-state index in [1.807, 2.05) is 0 Å². The van der Waals surface area contributed by atoms with Gasteiger partial charge in [0.1, 0.15) is 6.04 Å². The number of carbonyl (C=O) groups is 1. The van der Waals surface area contributed by atoms with Crippen molar-refractivity contribution in [3.8, 4) is 0 Å². The van der Waals surface area contributed by atoms with E-state index in [4.69, 9.17) is 5.11 Å². The summed E-state index contributed by atoms with van der Waals surface area (Å²) >= 11 is 0. The summed E-state index contributed by atoms with van der Waals surface area (Å²) in [7, 11) is -4.07. The molecule has 0 bridgehead atoms. The number of nitro benzene ring substituents is 1. The highest BCUT2D eigenvalue weighted by atomic mass is 32.2. The third-order valence-electron chi connectivity index (χ3n) is 3.53. The highest BCUT2D eigenvalue weighted by molar-refractivity contribution is 7.89. The molecule has 0 amide bonds. The van der Waals surface area contributed by atoms with Gasteiger partial charge in [0.05, 0.1) is 9.82 Å². The van der Waals surface area contributed by atoms with Gasteiger partial charge in [-0.15, -0.1) is 0 Å². The molecule has 9 heteroatoms. The fourth-order valence-electron chi connectivity index (χ4n) is 2.48. The molecule has 0 aromatic heterocycles. The van der Waals surface area contributed by atoms with Gasteiger partial charge in [-0.25, -0.2) is 8.42 Å². The van der Waals surface area contributed by atoms with E-state index in [0.29, 0.717) is 6.42 Å². The van der Waals surface area contributed by atoms with Gasteiger partial charge in [-0.1, -0.05) is 6.07 Å². The third-order valence-corrected chi connectivity index (χ3v) is 5.58. The molecule has 1 saturated heterocycles. The number of nitro groups is 1. The summed E-state index contributed by atoms with van der Waals surface area (Å²) in [6.07, 6.45) is 0.687. The standard InChI is InChI=1S/C12H14N2O6S/c1-8-9(14(17)18)4-2-6-11(8)21(19,20)13-7-3-5-10(13)12(15)16/h2,4,6,10H,3,5,7H2,1H3,(H,15,16)/t10-/m1/s1. The molecule has 1 N–H and O–H groups in total. The number of sulfonamides is 1. The minimum Gasteiger partial charge on any atom is -0.480 e. The van der Waals surface area contributed by atoms with Gasteiger partial charge < -0.3 is 5.11 Å². The zero-order valence-electron chi connectivity index (χ0n) is 11.2. The highest BCUT2D eigenvalue weighted by Crippen LogP contribution is 2.31. The second-order valence-electron chi connectivity index (χ2n) is 4.77. The van der Waals surface area contributed by atoms with Crippen LogP contribution >= 0.6 is 0 Å². The SMILES string of the molecule is Cc1c([N+](=O)[O-])cccc1S(=O)(=O)N1CCC[C@@H]1C(=O)O. The van der Waals surface area contributed by atoms with E-state index in [0.717, 1.165) is 4.31 Å². The van der Waals surface area contributed by atoms with Crippen molar-refractivity contribution in [3.63, 3.8) is 0 Å². The van der Waals surface area contributed by atoms with Crippen molar-refractivity contribution in [2.45, 2.75) is 30.7 Å². The molecule has 21 heavy (non-hydrogen) atoms. The van der Waals surface area contributed by atoms with Crippen LogP contribution in [0.1, 0.15) is 18.4 Å². The van der Waals surface area contributed by atoms with Crippen LogP contribution < -0.4 is 0 Å². The van der Waals surface area contributed by atoms with Crippen LogP contribution in [0, 0.1) is 17.0 Å². The van der Waals surface area contributed by atoms with E-state index in [9.17, 15) is 23.3 Å².